The van der Waals surface area contributed by atoms with Crippen LogP contribution in [0.1, 0.15) is 44.7 Å². The van der Waals surface area contributed by atoms with Crippen LogP contribution in [0.15, 0.2) is 12.4 Å². The van der Waals surface area contributed by atoms with E-state index < -0.39 is 23.9 Å². The van der Waals surface area contributed by atoms with Gasteiger partial charge in [0.05, 0.1) is 23.7 Å². The number of aryl methyl sites for hydroxylation is 1. The van der Waals surface area contributed by atoms with Crippen molar-refractivity contribution >= 4 is 6.09 Å². The third-order valence-electron chi connectivity index (χ3n) is 2.55. The van der Waals surface area contributed by atoms with Gasteiger partial charge in [-0.2, -0.15) is 0 Å². The molecule has 0 aliphatic rings. The Labute approximate surface area is 124 Å². The van der Waals surface area contributed by atoms with Crippen molar-refractivity contribution in [3.05, 3.63) is 23.8 Å². The van der Waals surface area contributed by atoms with Crippen LogP contribution in [-0.2, 0) is 4.74 Å². The van der Waals surface area contributed by atoms with Crippen molar-refractivity contribution < 1.29 is 19.7 Å². The van der Waals surface area contributed by atoms with Crippen LogP contribution in [0.25, 0.3) is 0 Å². The number of nitrogens with zero attached hydrogens (tertiary/aromatic N) is 2. The number of hydrogen-bond donors (Lipinski definition) is 3. The Morgan fingerprint density at radius 3 is 2.62 bits per heavy atom. The smallest absolute Gasteiger partial charge is 0.407 e. The first-order valence-electron chi connectivity index (χ1n) is 6.80. The van der Waals surface area contributed by atoms with Gasteiger partial charge in [-0.1, -0.05) is 0 Å². The highest BCUT2D eigenvalue weighted by Crippen LogP contribution is 2.16. The zero-order chi connectivity index (χ0) is 16.0. The molecule has 0 spiro atoms. The Morgan fingerprint density at radius 2 is 2.05 bits per heavy atom. The Morgan fingerprint density at radius 1 is 1.38 bits per heavy atom. The Hall–Kier alpha value is -1.73. The summed E-state index contributed by atoms with van der Waals surface area (Å²) in [5.74, 6) is 0. The normalized spacial score (nSPS) is 14.4. The van der Waals surface area contributed by atoms with Crippen LogP contribution in [-0.4, -0.2) is 44.5 Å². The van der Waals surface area contributed by atoms with E-state index in [0.29, 0.717) is 11.4 Å². The van der Waals surface area contributed by atoms with Crippen molar-refractivity contribution in [1.82, 2.24) is 15.3 Å². The van der Waals surface area contributed by atoms with E-state index in [1.165, 1.54) is 6.20 Å². The fourth-order valence-corrected chi connectivity index (χ4v) is 1.62. The molecule has 1 rings (SSSR count). The van der Waals surface area contributed by atoms with Crippen LogP contribution in [0.3, 0.4) is 0 Å². The lowest BCUT2D eigenvalue weighted by Gasteiger charge is -2.21. The maximum atomic E-state index is 11.4. The lowest BCUT2D eigenvalue weighted by atomic mass is 10.1. The van der Waals surface area contributed by atoms with Crippen molar-refractivity contribution in [2.75, 3.05) is 6.54 Å². The number of carbonyl (C=O) groups excluding carboxylic acids is 1. The van der Waals surface area contributed by atoms with Crippen LogP contribution in [0.5, 0.6) is 0 Å². The van der Waals surface area contributed by atoms with Gasteiger partial charge in [-0.25, -0.2) is 4.79 Å². The van der Waals surface area contributed by atoms with Gasteiger partial charge in [0, 0.05) is 12.7 Å². The molecule has 2 atom stereocenters. The minimum Gasteiger partial charge on any atom is -0.444 e. The summed E-state index contributed by atoms with van der Waals surface area (Å²) in [6.45, 7) is 7.23. The Kier molecular flexibility index (Phi) is 6.04. The van der Waals surface area contributed by atoms with Gasteiger partial charge in [0.25, 0.3) is 0 Å². The second-order valence-corrected chi connectivity index (χ2v) is 5.81. The maximum Gasteiger partial charge on any atom is 0.407 e. The number of nitrogens with one attached hydrogen (secondary N) is 1. The zero-order valence-electron chi connectivity index (χ0n) is 12.8. The summed E-state index contributed by atoms with van der Waals surface area (Å²) in [4.78, 5) is 19.4. The molecule has 7 heteroatoms. The number of amides is 1. The molecular formula is C14H23N3O4. The lowest BCUT2D eigenvalue weighted by Crippen LogP contribution is -2.34. The molecule has 0 bridgehead atoms. The molecule has 0 aromatic carbocycles. The first-order valence-corrected chi connectivity index (χ1v) is 6.80. The van der Waals surface area contributed by atoms with Gasteiger partial charge in [0.2, 0.25) is 0 Å². The van der Waals surface area contributed by atoms with Crippen molar-refractivity contribution in [1.29, 1.82) is 0 Å². The van der Waals surface area contributed by atoms with E-state index in [9.17, 15) is 15.0 Å². The molecule has 7 nitrogen and oxygen atoms in total. The number of aliphatic hydroxyl groups excluding tert-OH is 2. The van der Waals surface area contributed by atoms with Crippen LogP contribution >= 0.6 is 0 Å². The average molecular weight is 297 g/mol. The molecule has 21 heavy (non-hydrogen) atoms. The number of aliphatic hydroxyl groups is 2. The van der Waals surface area contributed by atoms with E-state index >= 15 is 0 Å². The molecule has 0 radical (unpaired) electrons. The van der Waals surface area contributed by atoms with Crippen molar-refractivity contribution in [2.24, 2.45) is 0 Å². The van der Waals surface area contributed by atoms with Crippen LogP contribution < -0.4 is 5.32 Å². The van der Waals surface area contributed by atoms with Gasteiger partial charge < -0.3 is 20.3 Å². The minimum absolute atomic E-state index is 0.177. The molecular weight excluding hydrogens is 274 g/mol. The molecule has 1 aromatic heterocycles. The van der Waals surface area contributed by atoms with E-state index in [-0.39, 0.29) is 13.0 Å². The summed E-state index contributed by atoms with van der Waals surface area (Å²) in [5.41, 5.74) is 0.393. The molecule has 1 heterocycles. The fraction of sp³-hybridized carbons (Fsp3) is 0.643. The number of aromatic nitrogens is 2. The largest absolute Gasteiger partial charge is 0.444 e. The van der Waals surface area contributed by atoms with E-state index in [0.717, 1.165) is 0 Å². The highest BCUT2D eigenvalue weighted by Gasteiger charge is 2.21. The minimum atomic E-state index is -1.14. The average Bonchev–Trinajstić information content (AvgIpc) is 2.35. The van der Waals surface area contributed by atoms with Gasteiger partial charge in [0.15, 0.2) is 0 Å². The van der Waals surface area contributed by atoms with Gasteiger partial charge in [0.1, 0.15) is 11.7 Å². The topological polar surface area (TPSA) is 105 Å². The van der Waals surface area contributed by atoms with E-state index in [2.05, 4.69) is 15.3 Å². The molecule has 118 valence electrons. The van der Waals surface area contributed by atoms with Crippen LogP contribution in [0.4, 0.5) is 4.79 Å². The van der Waals surface area contributed by atoms with Crippen molar-refractivity contribution in [3.63, 3.8) is 0 Å². The molecule has 3 N–H and O–H groups in total. The van der Waals surface area contributed by atoms with E-state index in [1.807, 2.05) is 0 Å². The summed E-state index contributed by atoms with van der Waals surface area (Å²) in [7, 11) is 0. The molecule has 0 fully saturated rings. The van der Waals surface area contributed by atoms with Crippen molar-refractivity contribution in [2.45, 2.75) is 51.9 Å². The summed E-state index contributed by atoms with van der Waals surface area (Å²) in [5, 5.41) is 22.4. The zero-order valence-corrected chi connectivity index (χ0v) is 12.8. The maximum absolute atomic E-state index is 11.4. The number of alkyl carbamates (subject to hydrolysis) is 1. The lowest BCUT2D eigenvalue weighted by molar-refractivity contribution is 0.00965. The molecule has 0 saturated carbocycles. The second-order valence-electron chi connectivity index (χ2n) is 5.81. The molecule has 2 unspecified atom stereocenters. The third-order valence-corrected chi connectivity index (χ3v) is 2.55. The summed E-state index contributed by atoms with van der Waals surface area (Å²) < 4.78 is 5.06. The first-order chi connectivity index (χ1) is 9.69. The number of hydrogen-bond acceptors (Lipinski definition) is 6. The summed E-state index contributed by atoms with van der Waals surface area (Å²) >= 11 is 0. The molecule has 0 saturated heterocycles. The summed E-state index contributed by atoms with van der Waals surface area (Å²) in [6.07, 6.45) is 0.402. The number of ether oxygens (including phenoxy) is 1. The van der Waals surface area contributed by atoms with Crippen molar-refractivity contribution in [3.8, 4) is 0 Å². The Balaban J connectivity index is 2.40. The number of rotatable bonds is 5. The SMILES string of the molecule is Cc1cncc(C(O)C(O)CCNC(=O)OC(C)(C)C)n1. The van der Waals surface area contributed by atoms with E-state index in [1.54, 1.807) is 33.9 Å². The Bertz CT molecular complexity index is 474. The standard InChI is InChI=1S/C14H23N3O4/c1-9-7-15-8-10(17-9)12(19)11(18)5-6-16-13(20)21-14(2,3)4/h7-8,11-12,18-19H,5-6H2,1-4H3,(H,16,20). The molecule has 1 aromatic rings. The highest BCUT2D eigenvalue weighted by molar-refractivity contribution is 5.67. The predicted molar refractivity (Wildman–Crippen MR) is 76.6 cm³/mol. The van der Waals surface area contributed by atoms with Gasteiger partial charge in [-0.3, -0.25) is 9.97 Å². The van der Waals surface area contributed by atoms with Gasteiger partial charge in [-0.15, -0.1) is 0 Å². The summed E-state index contributed by atoms with van der Waals surface area (Å²) in [6, 6.07) is 0. The van der Waals surface area contributed by atoms with Gasteiger partial charge in [-0.05, 0) is 34.1 Å². The monoisotopic (exact) mass is 297 g/mol. The van der Waals surface area contributed by atoms with Gasteiger partial charge >= 0.3 is 6.09 Å². The fourth-order valence-electron chi connectivity index (χ4n) is 1.62. The highest BCUT2D eigenvalue weighted by atomic mass is 16.6. The van der Waals surface area contributed by atoms with Crippen LogP contribution in [0.2, 0.25) is 0 Å². The second kappa shape index (κ2) is 7.33. The molecule has 0 aliphatic heterocycles. The first kappa shape index (κ1) is 17.3. The van der Waals surface area contributed by atoms with E-state index in [4.69, 9.17) is 4.74 Å². The third kappa shape index (κ3) is 6.50. The molecule has 1 amide bonds. The number of carbonyl (C=O) groups is 1. The predicted octanol–water partition coefficient (Wildman–Crippen LogP) is 1.09. The molecule has 0 aliphatic carbocycles. The van der Waals surface area contributed by atoms with Crippen LogP contribution in [0, 0.1) is 6.92 Å². The quantitative estimate of drug-likeness (QED) is 0.751.